The number of carbonyl (C=O) groups is 1. The molecule has 2 amide bonds. The Labute approximate surface area is 136 Å². The van der Waals surface area contributed by atoms with Gasteiger partial charge in [0.2, 0.25) is 0 Å². The maximum Gasteiger partial charge on any atom is 0.319 e. The van der Waals surface area contributed by atoms with Crippen molar-refractivity contribution in [1.29, 1.82) is 0 Å². The Morgan fingerprint density at radius 2 is 1.70 bits per heavy atom. The number of ether oxygens (including phenoxy) is 2. The second kappa shape index (κ2) is 8.08. The molecule has 5 heteroatoms. The molecule has 2 N–H and O–H groups in total. The summed E-state index contributed by atoms with van der Waals surface area (Å²) in [5, 5.41) is 5.69. The third-order valence-electron chi connectivity index (χ3n) is 3.50. The Morgan fingerprint density at radius 3 is 2.30 bits per heavy atom. The number of nitrogens with one attached hydrogen (secondary N) is 2. The molecule has 0 saturated carbocycles. The van der Waals surface area contributed by atoms with Crippen LogP contribution in [0.25, 0.3) is 0 Å². The number of anilines is 1. The first-order valence-corrected chi connectivity index (χ1v) is 7.45. The predicted octanol–water partition coefficient (Wildman–Crippen LogP) is 3.38. The maximum atomic E-state index is 11.9. The number of carbonyl (C=O) groups excluding carboxylic acids is 1. The lowest BCUT2D eigenvalue weighted by Crippen LogP contribution is -2.30. The van der Waals surface area contributed by atoms with Gasteiger partial charge in [-0.05, 0) is 42.7 Å². The minimum Gasteiger partial charge on any atom is -0.497 e. The van der Waals surface area contributed by atoms with E-state index in [0.29, 0.717) is 13.0 Å². The molecule has 0 aliphatic heterocycles. The first-order valence-electron chi connectivity index (χ1n) is 7.45. The number of hydrogen-bond donors (Lipinski definition) is 2. The van der Waals surface area contributed by atoms with Crippen LogP contribution in [0.15, 0.2) is 42.5 Å². The summed E-state index contributed by atoms with van der Waals surface area (Å²) in [6, 6.07) is 13.1. The fraction of sp³-hybridized carbons (Fsp3) is 0.278. The zero-order valence-electron chi connectivity index (χ0n) is 13.7. The summed E-state index contributed by atoms with van der Waals surface area (Å²) >= 11 is 0. The van der Waals surface area contributed by atoms with Gasteiger partial charge >= 0.3 is 6.03 Å². The monoisotopic (exact) mass is 314 g/mol. The van der Waals surface area contributed by atoms with E-state index in [-0.39, 0.29) is 6.03 Å². The molecular weight excluding hydrogens is 292 g/mol. The highest BCUT2D eigenvalue weighted by Crippen LogP contribution is 2.22. The second-order valence-corrected chi connectivity index (χ2v) is 5.17. The molecule has 0 aliphatic rings. The van der Waals surface area contributed by atoms with Crippen LogP contribution in [-0.4, -0.2) is 26.8 Å². The van der Waals surface area contributed by atoms with E-state index in [1.165, 1.54) is 0 Å². The fourth-order valence-electron chi connectivity index (χ4n) is 2.21. The number of urea groups is 1. The highest BCUT2D eigenvalue weighted by molar-refractivity contribution is 5.89. The molecule has 0 aromatic heterocycles. The van der Waals surface area contributed by atoms with Crippen LogP contribution in [0.4, 0.5) is 10.5 Å². The second-order valence-electron chi connectivity index (χ2n) is 5.17. The number of methoxy groups -OCH3 is 2. The molecule has 2 rings (SSSR count). The third-order valence-corrected chi connectivity index (χ3v) is 3.50. The van der Waals surface area contributed by atoms with Gasteiger partial charge in [-0.15, -0.1) is 0 Å². The lowest BCUT2D eigenvalue weighted by molar-refractivity contribution is 0.252. The van der Waals surface area contributed by atoms with Gasteiger partial charge in [0.15, 0.2) is 0 Å². The number of amides is 2. The average molecular weight is 314 g/mol. The molecule has 0 heterocycles. The van der Waals surface area contributed by atoms with Gasteiger partial charge in [-0.3, -0.25) is 0 Å². The van der Waals surface area contributed by atoms with Crippen molar-refractivity contribution in [3.63, 3.8) is 0 Å². The van der Waals surface area contributed by atoms with Gasteiger partial charge < -0.3 is 20.1 Å². The molecule has 0 spiro atoms. The zero-order chi connectivity index (χ0) is 16.7. The predicted molar refractivity (Wildman–Crippen MR) is 91.5 cm³/mol. The summed E-state index contributed by atoms with van der Waals surface area (Å²) in [4.78, 5) is 11.9. The maximum absolute atomic E-state index is 11.9. The summed E-state index contributed by atoms with van der Waals surface area (Å²) < 4.78 is 10.5. The van der Waals surface area contributed by atoms with E-state index in [1.54, 1.807) is 14.2 Å². The normalized spacial score (nSPS) is 10.0. The largest absolute Gasteiger partial charge is 0.497 e. The van der Waals surface area contributed by atoms with Crippen molar-refractivity contribution >= 4 is 11.7 Å². The quantitative estimate of drug-likeness (QED) is 0.859. The Balaban J connectivity index is 1.87. The van der Waals surface area contributed by atoms with Gasteiger partial charge in [0.05, 0.1) is 14.2 Å². The fourth-order valence-corrected chi connectivity index (χ4v) is 2.21. The van der Waals surface area contributed by atoms with Crippen molar-refractivity contribution in [2.75, 3.05) is 26.1 Å². The number of rotatable bonds is 6. The molecule has 0 radical (unpaired) electrons. The summed E-state index contributed by atoms with van der Waals surface area (Å²) in [7, 11) is 3.24. The topological polar surface area (TPSA) is 59.6 Å². The van der Waals surface area contributed by atoms with Crippen molar-refractivity contribution in [2.45, 2.75) is 13.3 Å². The van der Waals surface area contributed by atoms with Crippen molar-refractivity contribution in [3.05, 3.63) is 53.6 Å². The van der Waals surface area contributed by atoms with Gasteiger partial charge in [0, 0.05) is 18.3 Å². The van der Waals surface area contributed by atoms with E-state index in [9.17, 15) is 4.79 Å². The van der Waals surface area contributed by atoms with E-state index in [2.05, 4.69) is 10.6 Å². The Hall–Kier alpha value is -2.69. The van der Waals surface area contributed by atoms with Gasteiger partial charge in [-0.1, -0.05) is 18.2 Å². The van der Waals surface area contributed by atoms with Crippen LogP contribution in [0, 0.1) is 6.92 Å². The first kappa shape index (κ1) is 16.7. The Kier molecular flexibility index (Phi) is 5.86. The van der Waals surface area contributed by atoms with Crippen LogP contribution in [0.3, 0.4) is 0 Å². The van der Waals surface area contributed by atoms with Crippen LogP contribution in [0.1, 0.15) is 11.1 Å². The minimum absolute atomic E-state index is 0.214. The molecule has 0 unspecified atom stereocenters. The first-order chi connectivity index (χ1) is 11.1. The summed E-state index contributed by atoms with van der Waals surface area (Å²) in [5.41, 5.74) is 2.88. The van der Waals surface area contributed by atoms with Gasteiger partial charge in [0.25, 0.3) is 0 Å². The van der Waals surface area contributed by atoms with Crippen molar-refractivity contribution in [3.8, 4) is 11.5 Å². The molecule has 23 heavy (non-hydrogen) atoms. The van der Waals surface area contributed by atoms with Crippen molar-refractivity contribution < 1.29 is 14.3 Å². The van der Waals surface area contributed by atoms with Gasteiger partial charge in [-0.25, -0.2) is 4.79 Å². The average Bonchev–Trinajstić information content (AvgIpc) is 2.56. The number of hydrogen-bond acceptors (Lipinski definition) is 3. The lowest BCUT2D eigenvalue weighted by Gasteiger charge is -2.11. The molecule has 2 aromatic rings. The lowest BCUT2D eigenvalue weighted by atomic mass is 10.1. The molecule has 0 saturated heterocycles. The highest BCUT2D eigenvalue weighted by Gasteiger charge is 2.05. The summed E-state index contributed by atoms with van der Waals surface area (Å²) in [5.74, 6) is 1.48. The van der Waals surface area contributed by atoms with Crippen molar-refractivity contribution in [1.82, 2.24) is 5.32 Å². The molecular formula is C18H22N2O3. The summed E-state index contributed by atoms with van der Waals surface area (Å²) in [6.07, 6.45) is 0.689. The molecule has 2 aromatic carbocycles. The smallest absolute Gasteiger partial charge is 0.319 e. The van der Waals surface area contributed by atoms with E-state index < -0.39 is 0 Å². The molecule has 0 bridgehead atoms. The van der Waals surface area contributed by atoms with E-state index in [4.69, 9.17) is 9.47 Å². The number of para-hydroxylation sites is 1. The highest BCUT2D eigenvalue weighted by atomic mass is 16.5. The van der Waals surface area contributed by atoms with E-state index >= 15 is 0 Å². The Morgan fingerprint density at radius 1 is 1.04 bits per heavy atom. The van der Waals surface area contributed by atoms with Crippen molar-refractivity contribution in [2.24, 2.45) is 0 Å². The van der Waals surface area contributed by atoms with E-state index in [1.807, 2.05) is 49.4 Å². The van der Waals surface area contributed by atoms with Crippen LogP contribution in [0.2, 0.25) is 0 Å². The van der Waals surface area contributed by atoms with Gasteiger partial charge in [-0.2, -0.15) is 0 Å². The Bertz CT molecular complexity index is 649. The SMILES string of the molecule is COc1cc(CCNC(=O)Nc2ccccc2C)cc(OC)c1. The van der Waals surface area contributed by atoms with Crippen LogP contribution >= 0.6 is 0 Å². The summed E-state index contributed by atoms with van der Waals surface area (Å²) in [6.45, 7) is 2.48. The van der Waals surface area contributed by atoms with Crippen LogP contribution < -0.4 is 20.1 Å². The molecule has 0 atom stereocenters. The molecule has 0 fully saturated rings. The number of aryl methyl sites for hydroxylation is 1. The number of benzene rings is 2. The van der Waals surface area contributed by atoms with Gasteiger partial charge in [0.1, 0.15) is 11.5 Å². The molecule has 0 aliphatic carbocycles. The van der Waals surface area contributed by atoms with E-state index in [0.717, 1.165) is 28.3 Å². The standard InChI is InChI=1S/C18H22N2O3/c1-13-6-4-5-7-17(13)20-18(21)19-9-8-14-10-15(22-2)12-16(11-14)23-3/h4-7,10-12H,8-9H2,1-3H3,(H2,19,20,21). The third kappa shape index (κ3) is 4.92. The molecule has 122 valence electrons. The van der Waals surface area contributed by atoms with Crippen LogP contribution in [-0.2, 0) is 6.42 Å². The van der Waals surface area contributed by atoms with Crippen LogP contribution in [0.5, 0.6) is 11.5 Å². The molecule has 5 nitrogen and oxygen atoms in total. The minimum atomic E-state index is -0.214. The zero-order valence-corrected chi connectivity index (χ0v) is 13.7.